The maximum Gasteiger partial charge on any atom is 0.263 e. The van der Waals surface area contributed by atoms with E-state index in [1.165, 1.54) is 12.1 Å². The molecule has 8 heteroatoms. The molecule has 0 radical (unpaired) electrons. The van der Waals surface area contributed by atoms with Crippen molar-refractivity contribution in [2.24, 2.45) is 0 Å². The van der Waals surface area contributed by atoms with E-state index in [-0.39, 0.29) is 11.7 Å². The van der Waals surface area contributed by atoms with Crippen LogP contribution in [0.25, 0.3) is 22.8 Å². The predicted molar refractivity (Wildman–Crippen MR) is 71.6 cm³/mol. The maximum atomic E-state index is 13.3. The van der Waals surface area contributed by atoms with Gasteiger partial charge in [-0.2, -0.15) is 9.36 Å². The van der Waals surface area contributed by atoms with Gasteiger partial charge in [0.1, 0.15) is 5.00 Å². The molecule has 0 spiro atoms. The molecule has 102 valence electrons. The summed E-state index contributed by atoms with van der Waals surface area (Å²) in [7, 11) is 0. The van der Waals surface area contributed by atoms with Crippen molar-refractivity contribution in [2.75, 3.05) is 5.73 Å². The van der Waals surface area contributed by atoms with E-state index in [0.29, 0.717) is 21.8 Å². The Morgan fingerprint density at radius 3 is 2.85 bits per heavy atom. The number of benzene rings is 1. The minimum Gasteiger partial charge on any atom is -0.505 e. The van der Waals surface area contributed by atoms with Crippen molar-refractivity contribution >= 4 is 16.5 Å². The van der Waals surface area contributed by atoms with Crippen molar-refractivity contribution in [3.63, 3.8) is 0 Å². The van der Waals surface area contributed by atoms with E-state index in [9.17, 15) is 4.39 Å². The first kappa shape index (κ1) is 12.5. The van der Waals surface area contributed by atoms with Gasteiger partial charge in [-0.1, -0.05) is 5.16 Å². The second-order valence-electron chi connectivity index (χ2n) is 4.10. The van der Waals surface area contributed by atoms with E-state index in [1.54, 1.807) is 6.92 Å². The zero-order valence-electron chi connectivity index (χ0n) is 10.3. The number of phenols is 1. The molecule has 2 aromatic heterocycles. The van der Waals surface area contributed by atoms with Crippen LogP contribution in [-0.2, 0) is 0 Å². The molecule has 6 nitrogen and oxygen atoms in total. The van der Waals surface area contributed by atoms with Crippen LogP contribution in [0.15, 0.2) is 22.7 Å². The normalized spacial score (nSPS) is 10.9. The third kappa shape index (κ3) is 1.99. The predicted octanol–water partition coefficient (Wildman–Crippen LogP) is 2.60. The maximum absolute atomic E-state index is 13.3. The lowest BCUT2D eigenvalue weighted by atomic mass is 10.2. The molecular formula is C12H9FN4O2S. The van der Waals surface area contributed by atoms with Crippen LogP contribution in [0.2, 0.25) is 0 Å². The van der Waals surface area contributed by atoms with Crippen molar-refractivity contribution in [1.29, 1.82) is 0 Å². The average molecular weight is 292 g/mol. The second-order valence-corrected chi connectivity index (χ2v) is 4.90. The molecule has 3 rings (SSSR count). The Kier molecular flexibility index (Phi) is 2.87. The Balaban J connectivity index is 2.04. The van der Waals surface area contributed by atoms with Gasteiger partial charge in [-0.25, -0.2) is 4.39 Å². The number of aromatic hydroxyl groups is 1. The molecule has 0 saturated heterocycles. The van der Waals surface area contributed by atoms with E-state index in [4.69, 9.17) is 15.4 Å². The molecule has 0 bridgehead atoms. The van der Waals surface area contributed by atoms with Gasteiger partial charge in [0.05, 0.1) is 11.3 Å². The largest absolute Gasteiger partial charge is 0.505 e. The minimum atomic E-state index is -0.748. The lowest BCUT2D eigenvalue weighted by Gasteiger charge is -1.96. The number of anilines is 1. The Bertz CT molecular complexity index is 764. The van der Waals surface area contributed by atoms with Gasteiger partial charge in [0.2, 0.25) is 5.82 Å². The molecule has 0 fully saturated rings. The summed E-state index contributed by atoms with van der Waals surface area (Å²) in [6.45, 7) is 1.78. The Morgan fingerprint density at radius 2 is 2.20 bits per heavy atom. The summed E-state index contributed by atoms with van der Waals surface area (Å²) >= 11 is 1.14. The van der Waals surface area contributed by atoms with Crippen molar-refractivity contribution in [3.05, 3.63) is 29.7 Å². The number of rotatable bonds is 2. The second kappa shape index (κ2) is 4.57. The monoisotopic (exact) mass is 292 g/mol. The highest BCUT2D eigenvalue weighted by Crippen LogP contribution is 2.32. The third-order valence-corrected chi connectivity index (χ3v) is 3.50. The van der Waals surface area contributed by atoms with Crippen molar-refractivity contribution in [3.8, 4) is 28.6 Å². The van der Waals surface area contributed by atoms with Gasteiger partial charge < -0.3 is 15.4 Å². The molecule has 0 atom stereocenters. The number of halogens is 1. The molecule has 0 aliphatic rings. The number of nitrogen functional groups attached to an aromatic ring is 1. The van der Waals surface area contributed by atoms with Crippen LogP contribution < -0.4 is 5.73 Å². The highest BCUT2D eigenvalue weighted by Gasteiger charge is 2.18. The fourth-order valence-electron chi connectivity index (χ4n) is 1.74. The topological polar surface area (TPSA) is 98.1 Å². The number of hydrogen-bond donors (Lipinski definition) is 2. The van der Waals surface area contributed by atoms with Crippen LogP contribution in [0.5, 0.6) is 5.75 Å². The van der Waals surface area contributed by atoms with E-state index in [0.717, 1.165) is 17.6 Å². The van der Waals surface area contributed by atoms with Crippen LogP contribution >= 0.6 is 11.5 Å². The summed E-state index contributed by atoms with van der Waals surface area (Å²) in [6, 6.07) is 3.85. The summed E-state index contributed by atoms with van der Waals surface area (Å²) in [5.41, 5.74) is 7.48. The van der Waals surface area contributed by atoms with Gasteiger partial charge in [0, 0.05) is 5.56 Å². The fraction of sp³-hybridized carbons (Fsp3) is 0.0833. The van der Waals surface area contributed by atoms with Crippen LogP contribution in [-0.4, -0.2) is 19.6 Å². The first-order valence-corrected chi connectivity index (χ1v) is 6.38. The Labute approximate surface area is 116 Å². The van der Waals surface area contributed by atoms with Crippen LogP contribution in [0.4, 0.5) is 9.39 Å². The van der Waals surface area contributed by atoms with Crippen molar-refractivity contribution < 1.29 is 14.0 Å². The Morgan fingerprint density at radius 1 is 1.40 bits per heavy atom. The van der Waals surface area contributed by atoms with E-state index in [1.807, 2.05) is 0 Å². The highest BCUT2D eigenvalue weighted by molar-refractivity contribution is 7.10. The molecule has 1 aromatic carbocycles. The molecule has 0 saturated carbocycles. The molecule has 2 heterocycles. The van der Waals surface area contributed by atoms with E-state index >= 15 is 0 Å². The van der Waals surface area contributed by atoms with Gasteiger partial charge in [0.15, 0.2) is 11.6 Å². The SMILES string of the molecule is Cc1nsc(N)c1-c1nc(-c2ccc(O)c(F)c2)no1. The molecule has 3 aromatic rings. The molecular weight excluding hydrogens is 283 g/mol. The first-order chi connectivity index (χ1) is 9.56. The fourth-order valence-corrected chi connectivity index (χ4v) is 2.39. The van der Waals surface area contributed by atoms with Crippen molar-refractivity contribution in [1.82, 2.24) is 14.5 Å². The van der Waals surface area contributed by atoms with Gasteiger partial charge in [-0.3, -0.25) is 0 Å². The zero-order valence-corrected chi connectivity index (χ0v) is 11.1. The van der Waals surface area contributed by atoms with Crippen molar-refractivity contribution in [2.45, 2.75) is 6.92 Å². The molecule has 3 N–H and O–H groups in total. The summed E-state index contributed by atoms with van der Waals surface area (Å²) in [6.07, 6.45) is 0. The number of aromatic nitrogens is 3. The van der Waals surface area contributed by atoms with Crippen LogP contribution in [0.3, 0.4) is 0 Å². The van der Waals surface area contributed by atoms with E-state index < -0.39 is 11.6 Å². The lowest BCUT2D eigenvalue weighted by Crippen LogP contribution is -1.87. The number of aryl methyl sites for hydroxylation is 1. The van der Waals surface area contributed by atoms with Crippen LogP contribution in [0.1, 0.15) is 5.69 Å². The van der Waals surface area contributed by atoms with Crippen LogP contribution in [0, 0.1) is 12.7 Å². The van der Waals surface area contributed by atoms with Gasteiger partial charge in [-0.15, -0.1) is 0 Å². The third-order valence-electron chi connectivity index (χ3n) is 2.73. The summed E-state index contributed by atoms with van der Waals surface area (Å²) in [5.74, 6) is -0.734. The zero-order chi connectivity index (χ0) is 14.3. The van der Waals surface area contributed by atoms with Gasteiger partial charge in [-0.05, 0) is 36.7 Å². The number of hydrogen-bond acceptors (Lipinski definition) is 7. The molecule has 0 aliphatic heterocycles. The number of phenolic OH excluding ortho intramolecular Hbond substituents is 1. The molecule has 0 amide bonds. The highest BCUT2D eigenvalue weighted by atomic mass is 32.1. The molecule has 20 heavy (non-hydrogen) atoms. The molecule has 0 aliphatic carbocycles. The summed E-state index contributed by atoms with van der Waals surface area (Å²) < 4.78 is 22.5. The number of nitrogens with zero attached hydrogens (tertiary/aromatic N) is 3. The molecule has 0 unspecified atom stereocenters. The quantitative estimate of drug-likeness (QED) is 0.753. The summed E-state index contributed by atoms with van der Waals surface area (Å²) in [4.78, 5) is 4.18. The van der Waals surface area contributed by atoms with E-state index in [2.05, 4.69) is 14.5 Å². The summed E-state index contributed by atoms with van der Waals surface area (Å²) in [5, 5.41) is 13.4. The van der Waals surface area contributed by atoms with Gasteiger partial charge >= 0.3 is 0 Å². The minimum absolute atomic E-state index is 0.212. The van der Waals surface area contributed by atoms with Gasteiger partial charge in [0.25, 0.3) is 5.89 Å². The number of nitrogens with two attached hydrogens (primary N) is 1. The standard InChI is InChI=1S/C12H9FN4O2S/c1-5-9(10(14)20-17-5)12-15-11(16-19-12)6-2-3-8(18)7(13)4-6/h2-4,18H,14H2,1H3. The lowest BCUT2D eigenvalue weighted by molar-refractivity contribution is 0.430. The Hall–Kier alpha value is -2.48. The smallest absolute Gasteiger partial charge is 0.263 e. The first-order valence-electron chi connectivity index (χ1n) is 5.61. The average Bonchev–Trinajstić information content (AvgIpc) is 3.00.